The number of nitrogens with one attached hydrogen (secondary N) is 4. The van der Waals surface area contributed by atoms with Crippen molar-refractivity contribution in [1.82, 2.24) is 21.3 Å². The largest absolute Gasteiger partial charge is 0.508 e. The molecule has 0 aliphatic carbocycles. The van der Waals surface area contributed by atoms with Crippen LogP contribution in [0.1, 0.15) is 23.1 Å². The van der Waals surface area contributed by atoms with Crippen molar-refractivity contribution in [2.24, 2.45) is 11.5 Å². The van der Waals surface area contributed by atoms with Crippen LogP contribution in [0.4, 0.5) is 0 Å². The summed E-state index contributed by atoms with van der Waals surface area (Å²) in [6.45, 7) is -0.482. The number of hydrogen-bond acceptors (Lipinski definition) is 8. The summed E-state index contributed by atoms with van der Waals surface area (Å²) in [7, 11) is 0. The Morgan fingerprint density at radius 3 is 1.72 bits per heavy atom. The number of carbonyl (C=O) groups is 5. The molecule has 12 nitrogen and oxygen atoms in total. The highest BCUT2D eigenvalue weighted by molar-refractivity contribution is 7.98. The number of thioether (sulfide) groups is 1. The summed E-state index contributed by atoms with van der Waals surface area (Å²) in [5.41, 5.74) is 13.9. The van der Waals surface area contributed by atoms with Crippen LogP contribution in [-0.2, 0) is 43.2 Å². The summed E-state index contributed by atoms with van der Waals surface area (Å²) in [4.78, 5) is 64.6. The Kier molecular flexibility index (Phi) is 14.7. The van der Waals surface area contributed by atoms with Gasteiger partial charge in [0.05, 0.1) is 12.6 Å². The predicted octanol–water partition coefficient (Wildman–Crippen LogP) is 0.556. The quantitative estimate of drug-likeness (QED) is 0.102. The molecule has 13 heteroatoms. The fourth-order valence-corrected chi connectivity index (χ4v) is 5.18. The zero-order valence-electron chi connectivity index (χ0n) is 26.2. The molecule has 5 amide bonds. The minimum Gasteiger partial charge on any atom is -0.508 e. The number of hydrogen-bond donors (Lipinski definition) is 7. The van der Waals surface area contributed by atoms with Gasteiger partial charge in [-0.15, -0.1) is 0 Å². The second kappa shape index (κ2) is 18.9. The first-order chi connectivity index (χ1) is 22.5. The molecule has 250 valence electrons. The molecule has 0 radical (unpaired) electrons. The fourth-order valence-electron chi connectivity index (χ4n) is 4.71. The number of aromatic hydroxyl groups is 1. The number of benzene rings is 3. The maximum absolute atomic E-state index is 13.3. The zero-order valence-corrected chi connectivity index (χ0v) is 27.0. The molecule has 0 aliphatic rings. The van der Waals surface area contributed by atoms with Crippen molar-refractivity contribution in [2.75, 3.05) is 18.6 Å². The first-order valence-corrected chi connectivity index (χ1v) is 16.5. The predicted molar refractivity (Wildman–Crippen MR) is 181 cm³/mol. The van der Waals surface area contributed by atoms with E-state index in [1.54, 1.807) is 60.7 Å². The van der Waals surface area contributed by atoms with E-state index < -0.39 is 60.2 Å². The molecule has 0 saturated carbocycles. The van der Waals surface area contributed by atoms with Crippen LogP contribution in [0, 0.1) is 0 Å². The SMILES string of the molecule is CSCC[C@H](NC(=O)[C@H](Cc1ccccc1)NC(=O)CNC(=O)[C@@H](Cc1ccccc1)NC(=O)[C@@H](N)Cc1ccc(O)cc1)C(N)=O. The summed E-state index contributed by atoms with van der Waals surface area (Å²) in [6.07, 6.45) is 2.64. The molecule has 0 aliphatic heterocycles. The Labute approximate surface area is 278 Å². The van der Waals surface area contributed by atoms with Crippen molar-refractivity contribution in [3.8, 4) is 5.75 Å². The minimum absolute atomic E-state index is 0.0865. The first-order valence-electron chi connectivity index (χ1n) is 15.1. The molecule has 0 fully saturated rings. The maximum atomic E-state index is 13.3. The molecule has 0 bridgehead atoms. The lowest BCUT2D eigenvalue weighted by molar-refractivity contribution is -0.132. The van der Waals surface area contributed by atoms with E-state index in [9.17, 15) is 29.1 Å². The van der Waals surface area contributed by atoms with Crippen LogP contribution in [0.3, 0.4) is 0 Å². The molecule has 0 aromatic heterocycles. The van der Waals surface area contributed by atoms with Gasteiger partial charge < -0.3 is 37.8 Å². The number of primary amides is 1. The Balaban J connectivity index is 1.67. The standard InChI is InChI=1S/C34H42N6O6S/c1-47-17-16-27(31(36)43)39-34(46)29(20-23-10-6-3-7-11-23)38-30(42)21-37-33(45)28(19-22-8-4-2-5-9-22)40-32(44)26(35)18-24-12-14-25(41)15-13-24/h2-15,26-29,41H,16-21,35H2,1H3,(H2,36,43)(H,37,45)(H,38,42)(H,39,46)(H,40,44)/t26-,27-,28+,29-/m0/s1. The van der Waals surface area contributed by atoms with Gasteiger partial charge in [0, 0.05) is 12.8 Å². The lowest BCUT2D eigenvalue weighted by Gasteiger charge is -2.23. The van der Waals surface area contributed by atoms with Crippen molar-refractivity contribution in [1.29, 1.82) is 0 Å². The third kappa shape index (κ3) is 12.8. The van der Waals surface area contributed by atoms with Gasteiger partial charge >= 0.3 is 0 Å². The van der Waals surface area contributed by atoms with Crippen LogP contribution in [0.2, 0.25) is 0 Å². The molecular weight excluding hydrogens is 620 g/mol. The summed E-state index contributed by atoms with van der Waals surface area (Å²) < 4.78 is 0. The van der Waals surface area contributed by atoms with Gasteiger partial charge in [-0.3, -0.25) is 24.0 Å². The van der Waals surface area contributed by atoms with Gasteiger partial charge in [0.2, 0.25) is 29.5 Å². The van der Waals surface area contributed by atoms with Crippen LogP contribution in [0.25, 0.3) is 0 Å². The van der Waals surface area contributed by atoms with E-state index in [2.05, 4.69) is 21.3 Å². The van der Waals surface area contributed by atoms with Crippen LogP contribution >= 0.6 is 11.8 Å². The number of carbonyl (C=O) groups excluding carboxylic acids is 5. The highest BCUT2D eigenvalue weighted by atomic mass is 32.2. The Hall–Kier alpha value is -4.88. The molecule has 3 aromatic carbocycles. The molecular formula is C34H42N6O6S. The second-order valence-electron chi connectivity index (χ2n) is 11.0. The molecule has 3 aromatic rings. The van der Waals surface area contributed by atoms with E-state index in [1.165, 1.54) is 23.9 Å². The summed E-state index contributed by atoms with van der Waals surface area (Å²) in [6, 6.07) is 20.4. The van der Waals surface area contributed by atoms with E-state index >= 15 is 0 Å². The lowest BCUT2D eigenvalue weighted by atomic mass is 10.0. The molecule has 47 heavy (non-hydrogen) atoms. The van der Waals surface area contributed by atoms with Crippen molar-refractivity contribution in [2.45, 2.75) is 49.9 Å². The van der Waals surface area contributed by atoms with E-state index in [4.69, 9.17) is 11.5 Å². The van der Waals surface area contributed by atoms with Gasteiger partial charge in [-0.05, 0) is 53.7 Å². The van der Waals surface area contributed by atoms with Crippen molar-refractivity contribution >= 4 is 41.3 Å². The number of phenolic OH excluding ortho intramolecular Hbond substituents is 1. The van der Waals surface area contributed by atoms with Crippen LogP contribution in [0.5, 0.6) is 5.75 Å². The number of amides is 5. The summed E-state index contributed by atoms with van der Waals surface area (Å²) >= 11 is 1.50. The summed E-state index contributed by atoms with van der Waals surface area (Å²) in [5.74, 6) is -2.42. The topological polar surface area (TPSA) is 206 Å². The molecule has 0 saturated heterocycles. The highest BCUT2D eigenvalue weighted by Crippen LogP contribution is 2.12. The molecule has 3 rings (SSSR count). The van der Waals surface area contributed by atoms with Crippen molar-refractivity contribution in [3.05, 3.63) is 102 Å². The fraction of sp³-hybridized carbons (Fsp3) is 0.324. The molecule has 0 heterocycles. The smallest absolute Gasteiger partial charge is 0.243 e. The van der Waals surface area contributed by atoms with Crippen molar-refractivity contribution in [3.63, 3.8) is 0 Å². The van der Waals surface area contributed by atoms with E-state index in [-0.39, 0.29) is 25.0 Å². The number of rotatable bonds is 18. The average Bonchev–Trinajstić information content (AvgIpc) is 3.06. The number of phenols is 1. The Bertz CT molecular complexity index is 1480. The van der Waals surface area contributed by atoms with E-state index in [0.717, 1.165) is 16.7 Å². The lowest BCUT2D eigenvalue weighted by Crippen LogP contribution is -2.56. The van der Waals surface area contributed by atoms with Crippen LogP contribution in [-0.4, -0.2) is 77.4 Å². The van der Waals surface area contributed by atoms with Crippen molar-refractivity contribution < 1.29 is 29.1 Å². The van der Waals surface area contributed by atoms with E-state index in [1.807, 2.05) is 18.4 Å². The third-order valence-corrected chi connectivity index (χ3v) is 7.92. The average molecular weight is 663 g/mol. The van der Waals surface area contributed by atoms with E-state index in [0.29, 0.717) is 12.2 Å². The number of nitrogens with two attached hydrogens (primary N) is 2. The molecule has 0 unspecified atom stereocenters. The molecule has 9 N–H and O–H groups in total. The minimum atomic E-state index is -1.06. The molecule has 0 spiro atoms. The highest BCUT2D eigenvalue weighted by Gasteiger charge is 2.28. The van der Waals surface area contributed by atoms with Gasteiger partial charge in [0.25, 0.3) is 0 Å². The third-order valence-electron chi connectivity index (χ3n) is 7.27. The first kappa shape index (κ1) is 36.6. The second-order valence-corrected chi connectivity index (χ2v) is 12.0. The normalized spacial score (nSPS) is 13.3. The van der Waals surface area contributed by atoms with Crippen LogP contribution < -0.4 is 32.7 Å². The van der Waals surface area contributed by atoms with Gasteiger partial charge in [0.1, 0.15) is 23.9 Å². The van der Waals surface area contributed by atoms with Gasteiger partial charge in [-0.25, -0.2) is 0 Å². The monoisotopic (exact) mass is 662 g/mol. The zero-order chi connectivity index (χ0) is 34.2. The van der Waals surface area contributed by atoms with Gasteiger partial charge in [-0.1, -0.05) is 72.8 Å². The Morgan fingerprint density at radius 1 is 0.681 bits per heavy atom. The Morgan fingerprint density at radius 2 is 1.19 bits per heavy atom. The van der Waals surface area contributed by atoms with Crippen LogP contribution in [0.15, 0.2) is 84.9 Å². The summed E-state index contributed by atoms with van der Waals surface area (Å²) in [5, 5.41) is 20.1. The maximum Gasteiger partial charge on any atom is 0.243 e. The van der Waals surface area contributed by atoms with Gasteiger partial charge in [0.15, 0.2) is 0 Å². The molecule has 4 atom stereocenters. The van der Waals surface area contributed by atoms with Gasteiger partial charge in [-0.2, -0.15) is 11.8 Å².